The molecule has 0 fully saturated rings. The van der Waals surface area contributed by atoms with Crippen molar-refractivity contribution in [3.8, 4) is 5.88 Å². The molecule has 3 aromatic rings. The maximum Gasteiger partial charge on any atom is 0.198 e. The minimum Gasteiger partial charge on any atom is -0.494 e. The number of hydrogen-bond acceptors (Lipinski definition) is 2. The number of H-pyrrole nitrogens is 1. The van der Waals surface area contributed by atoms with Gasteiger partial charge in [-0.1, -0.05) is 27.6 Å². The summed E-state index contributed by atoms with van der Waals surface area (Å²) in [5.41, 5.74) is 4.76. The van der Waals surface area contributed by atoms with Crippen molar-refractivity contribution < 1.29 is 5.11 Å². The van der Waals surface area contributed by atoms with E-state index in [2.05, 4.69) is 25.9 Å². The fraction of sp³-hybridized carbons (Fsp3) is 0.118. The van der Waals surface area contributed by atoms with Crippen LogP contribution in [-0.2, 0) is 0 Å². The average molecular weight is 343 g/mol. The number of aryl methyl sites for hydroxylation is 2. The van der Waals surface area contributed by atoms with Crippen LogP contribution in [0.3, 0.4) is 0 Å². The van der Waals surface area contributed by atoms with Crippen LogP contribution < -0.4 is 0 Å². The summed E-state index contributed by atoms with van der Waals surface area (Å²) in [6.07, 6.45) is 1.70. The van der Waals surface area contributed by atoms with E-state index in [4.69, 9.17) is 0 Å². The zero-order chi connectivity index (χ0) is 15.0. The summed E-state index contributed by atoms with van der Waals surface area (Å²) < 4.78 is 1.06. The first-order valence-electron chi connectivity index (χ1n) is 6.66. The van der Waals surface area contributed by atoms with Crippen molar-refractivity contribution in [3.05, 3.63) is 57.6 Å². The molecule has 2 N–H and O–H groups in total. The highest BCUT2D eigenvalue weighted by Crippen LogP contribution is 2.28. The second kappa shape index (κ2) is 5.37. The molecule has 1 heterocycles. The van der Waals surface area contributed by atoms with E-state index in [0.717, 1.165) is 32.2 Å². The summed E-state index contributed by atoms with van der Waals surface area (Å²) in [4.78, 5) is 7.43. The van der Waals surface area contributed by atoms with Gasteiger partial charge in [-0.2, -0.15) is 0 Å². The molecule has 0 aliphatic carbocycles. The lowest BCUT2D eigenvalue weighted by molar-refractivity contribution is 0.457. The van der Waals surface area contributed by atoms with Gasteiger partial charge in [0.2, 0.25) is 0 Å². The highest BCUT2D eigenvalue weighted by Gasteiger charge is 2.08. The number of rotatable bonds is 2. The Labute approximate surface area is 131 Å². The van der Waals surface area contributed by atoms with Gasteiger partial charge in [-0.25, -0.2) is 0 Å². The van der Waals surface area contributed by atoms with Gasteiger partial charge in [-0.05, 0) is 49.7 Å². The standard InChI is InChI=1S/C17H15BrN2O/c1-10-3-6-16-13(7-10)14(17(21)20-16)9-19-12-4-5-15(18)11(2)8-12/h3-9,20-21H,1-2H3. The van der Waals surface area contributed by atoms with Gasteiger partial charge in [-0.3, -0.25) is 4.99 Å². The van der Waals surface area contributed by atoms with Gasteiger partial charge in [0.05, 0.1) is 11.3 Å². The van der Waals surface area contributed by atoms with Crippen molar-refractivity contribution >= 4 is 38.7 Å². The SMILES string of the molecule is Cc1ccc2[nH]c(O)c(C=Nc3ccc(Br)c(C)c3)c2c1. The molecule has 0 bridgehead atoms. The predicted molar refractivity (Wildman–Crippen MR) is 90.8 cm³/mol. The van der Waals surface area contributed by atoms with Crippen LogP contribution in [0.2, 0.25) is 0 Å². The first-order valence-corrected chi connectivity index (χ1v) is 7.45. The van der Waals surface area contributed by atoms with E-state index in [1.165, 1.54) is 0 Å². The maximum atomic E-state index is 10.0. The summed E-state index contributed by atoms with van der Waals surface area (Å²) in [7, 11) is 0. The maximum absolute atomic E-state index is 10.0. The molecule has 0 radical (unpaired) electrons. The number of benzene rings is 2. The van der Waals surface area contributed by atoms with Crippen LogP contribution in [0.25, 0.3) is 10.9 Å². The molecule has 0 amide bonds. The van der Waals surface area contributed by atoms with Crippen molar-refractivity contribution in [2.24, 2.45) is 4.99 Å². The molecule has 4 heteroatoms. The van der Waals surface area contributed by atoms with Crippen molar-refractivity contribution in [2.75, 3.05) is 0 Å². The molecule has 0 atom stereocenters. The lowest BCUT2D eigenvalue weighted by Gasteiger charge is -1.99. The average Bonchev–Trinajstić information content (AvgIpc) is 2.75. The third kappa shape index (κ3) is 2.72. The van der Waals surface area contributed by atoms with Gasteiger partial charge in [-0.15, -0.1) is 0 Å². The molecule has 21 heavy (non-hydrogen) atoms. The van der Waals surface area contributed by atoms with Crippen molar-refractivity contribution in [1.29, 1.82) is 0 Å². The number of aromatic nitrogens is 1. The van der Waals surface area contributed by atoms with Crippen molar-refractivity contribution in [3.63, 3.8) is 0 Å². The Kier molecular flexibility index (Phi) is 3.55. The second-order valence-electron chi connectivity index (χ2n) is 5.13. The predicted octanol–water partition coefficient (Wildman–Crippen LogP) is 5.00. The van der Waals surface area contributed by atoms with Crippen LogP contribution in [-0.4, -0.2) is 16.3 Å². The molecular formula is C17H15BrN2O. The van der Waals surface area contributed by atoms with E-state index in [-0.39, 0.29) is 5.88 Å². The summed E-state index contributed by atoms with van der Waals surface area (Å²) in [5.74, 6) is 0.146. The molecule has 0 saturated heterocycles. The molecule has 3 nitrogen and oxygen atoms in total. The summed E-state index contributed by atoms with van der Waals surface area (Å²) >= 11 is 3.47. The number of aliphatic imine (C=N–C) groups is 1. The number of aromatic amines is 1. The molecule has 0 aliphatic rings. The molecule has 0 aliphatic heterocycles. The molecular weight excluding hydrogens is 328 g/mol. The number of fused-ring (bicyclic) bond motifs is 1. The van der Waals surface area contributed by atoms with Gasteiger partial charge in [0.15, 0.2) is 5.88 Å². The molecule has 0 saturated carbocycles. The zero-order valence-electron chi connectivity index (χ0n) is 11.8. The molecule has 0 unspecified atom stereocenters. The molecule has 106 valence electrons. The number of nitrogens with one attached hydrogen (secondary N) is 1. The van der Waals surface area contributed by atoms with Gasteiger partial charge in [0.25, 0.3) is 0 Å². The first-order chi connectivity index (χ1) is 10.0. The Hall–Kier alpha value is -2.07. The quantitative estimate of drug-likeness (QED) is 0.632. The number of nitrogens with zero attached hydrogens (tertiary/aromatic N) is 1. The third-order valence-corrected chi connectivity index (χ3v) is 4.35. The normalized spacial score (nSPS) is 11.6. The topological polar surface area (TPSA) is 48.4 Å². The Morgan fingerprint density at radius 1 is 1.14 bits per heavy atom. The van der Waals surface area contributed by atoms with Gasteiger partial charge in [0, 0.05) is 21.6 Å². The Balaban J connectivity index is 2.04. The van der Waals surface area contributed by atoms with Gasteiger partial charge in [0.1, 0.15) is 0 Å². The minimum atomic E-state index is 0.146. The lowest BCUT2D eigenvalue weighted by atomic mass is 10.1. The molecule has 1 aromatic heterocycles. The summed E-state index contributed by atoms with van der Waals surface area (Å²) in [6, 6.07) is 11.9. The third-order valence-electron chi connectivity index (χ3n) is 3.46. The van der Waals surface area contributed by atoms with Crippen LogP contribution in [0, 0.1) is 13.8 Å². The molecule has 0 spiro atoms. The highest BCUT2D eigenvalue weighted by atomic mass is 79.9. The van der Waals surface area contributed by atoms with Crippen LogP contribution in [0.1, 0.15) is 16.7 Å². The van der Waals surface area contributed by atoms with E-state index in [9.17, 15) is 5.11 Å². The van der Waals surface area contributed by atoms with E-state index in [0.29, 0.717) is 5.56 Å². The van der Waals surface area contributed by atoms with Crippen LogP contribution in [0.5, 0.6) is 5.88 Å². The van der Waals surface area contributed by atoms with E-state index in [1.807, 2.05) is 50.2 Å². The zero-order valence-corrected chi connectivity index (χ0v) is 13.4. The van der Waals surface area contributed by atoms with E-state index < -0.39 is 0 Å². The largest absolute Gasteiger partial charge is 0.494 e. The van der Waals surface area contributed by atoms with Gasteiger partial charge >= 0.3 is 0 Å². The Morgan fingerprint density at radius 2 is 1.95 bits per heavy atom. The fourth-order valence-corrected chi connectivity index (χ4v) is 2.54. The lowest BCUT2D eigenvalue weighted by Crippen LogP contribution is -1.81. The Bertz CT molecular complexity index is 849. The second-order valence-corrected chi connectivity index (χ2v) is 5.98. The number of hydrogen-bond donors (Lipinski definition) is 2. The van der Waals surface area contributed by atoms with Crippen LogP contribution in [0.4, 0.5) is 5.69 Å². The monoisotopic (exact) mass is 342 g/mol. The number of halogens is 1. The smallest absolute Gasteiger partial charge is 0.198 e. The fourth-order valence-electron chi connectivity index (χ4n) is 2.29. The molecule has 3 rings (SSSR count). The van der Waals surface area contributed by atoms with Gasteiger partial charge < -0.3 is 10.1 Å². The van der Waals surface area contributed by atoms with E-state index in [1.54, 1.807) is 6.21 Å². The van der Waals surface area contributed by atoms with Crippen molar-refractivity contribution in [1.82, 2.24) is 4.98 Å². The van der Waals surface area contributed by atoms with Crippen molar-refractivity contribution in [2.45, 2.75) is 13.8 Å². The highest BCUT2D eigenvalue weighted by molar-refractivity contribution is 9.10. The molecule has 2 aromatic carbocycles. The summed E-state index contributed by atoms with van der Waals surface area (Å²) in [5, 5.41) is 11.0. The first kappa shape index (κ1) is 13.9. The van der Waals surface area contributed by atoms with Crippen LogP contribution >= 0.6 is 15.9 Å². The number of aromatic hydroxyl groups is 1. The van der Waals surface area contributed by atoms with E-state index >= 15 is 0 Å². The summed E-state index contributed by atoms with van der Waals surface area (Å²) in [6.45, 7) is 4.05. The Morgan fingerprint density at radius 3 is 2.71 bits per heavy atom. The minimum absolute atomic E-state index is 0.146. The van der Waals surface area contributed by atoms with Crippen LogP contribution in [0.15, 0.2) is 45.9 Å².